The van der Waals surface area contributed by atoms with E-state index >= 15 is 0 Å². The number of hydroxylamine groups is 1. The van der Waals surface area contributed by atoms with Crippen molar-refractivity contribution in [3.05, 3.63) is 40.1 Å². The highest BCUT2D eigenvalue weighted by Crippen LogP contribution is 2.29. The predicted octanol–water partition coefficient (Wildman–Crippen LogP) is 1.82. The number of imidazole rings is 1. The van der Waals surface area contributed by atoms with Crippen LogP contribution in [0.1, 0.15) is 31.4 Å². The first-order chi connectivity index (χ1) is 17.1. The lowest BCUT2D eigenvalue weighted by Crippen LogP contribution is -2.51. The molecular formula is C21H28Cl2N6O6S. The van der Waals surface area contributed by atoms with Crippen LogP contribution >= 0.6 is 23.2 Å². The van der Waals surface area contributed by atoms with E-state index in [1.54, 1.807) is 0 Å². The molecule has 1 amide bonds. The summed E-state index contributed by atoms with van der Waals surface area (Å²) in [4.78, 5) is 36.5. The van der Waals surface area contributed by atoms with Gasteiger partial charge in [0.2, 0.25) is 15.9 Å². The van der Waals surface area contributed by atoms with Crippen molar-refractivity contribution >= 4 is 51.0 Å². The van der Waals surface area contributed by atoms with Gasteiger partial charge in [0.15, 0.2) is 5.95 Å². The summed E-state index contributed by atoms with van der Waals surface area (Å²) in [7, 11) is -4.37. The van der Waals surface area contributed by atoms with E-state index in [0.29, 0.717) is 6.42 Å². The third kappa shape index (κ3) is 7.79. The molecule has 0 spiro atoms. The summed E-state index contributed by atoms with van der Waals surface area (Å²) in [6, 6.07) is 1.76. The van der Waals surface area contributed by atoms with Gasteiger partial charge in [-0.15, -0.1) is 0 Å². The maximum Gasteiger partial charge on any atom is 0.323 e. The molecular weight excluding hydrogens is 535 g/mol. The summed E-state index contributed by atoms with van der Waals surface area (Å²) in [5, 5.41) is 14.8. The minimum atomic E-state index is -4.37. The number of hydrogen-bond acceptors (Lipinski definition) is 8. The molecule has 1 aliphatic heterocycles. The van der Waals surface area contributed by atoms with Crippen molar-refractivity contribution in [3.8, 4) is 0 Å². The van der Waals surface area contributed by atoms with Gasteiger partial charge in [-0.2, -0.15) is 10.2 Å². The standard InChI is InChI=1S/C21H28Cl2N6O6S/c1-12-10-26-21(27-12)24-8-3-2-5-13-9-16(28-35-13)19(30)25-11-17(20(31)32)29-36(33,34)18-14(22)6-4-7-15(18)23/h4,6-7,10,13,16-17,28-29H,2-3,5,8-9,11H2,1H3,(H,25,30)(H,31,32)(H2,24,26,27). The highest BCUT2D eigenvalue weighted by atomic mass is 35.5. The molecule has 0 radical (unpaired) electrons. The average molecular weight is 563 g/mol. The second-order valence-electron chi connectivity index (χ2n) is 8.27. The molecule has 3 unspecified atom stereocenters. The molecule has 2 heterocycles. The van der Waals surface area contributed by atoms with E-state index in [2.05, 4.69) is 26.1 Å². The first-order valence-electron chi connectivity index (χ1n) is 11.2. The highest BCUT2D eigenvalue weighted by molar-refractivity contribution is 7.89. The SMILES string of the molecule is Cc1c[nH]c(NCCCCC2CC(C(=O)NCC(NS(=O)(=O)c3c(Cl)cccc3Cl)C(=O)O)NO2)n1. The number of unbranched alkanes of at least 4 members (excludes halogenated alkanes) is 1. The van der Waals surface area contributed by atoms with Gasteiger partial charge in [0, 0.05) is 25.7 Å². The van der Waals surface area contributed by atoms with Gasteiger partial charge in [-0.3, -0.25) is 14.4 Å². The minimum Gasteiger partial charge on any atom is -0.480 e. The third-order valence-electron chi connectivity index (χ3n) is 5.41. The number of benzene rings is 1. The Morgan fingerprint density at radius 2 is 2.00 bits per heavy atom. The molecule has 0 bridgehead atoms. The Morgan fingerprint density at radius 3 is 2.64 bits per heavy atom. The topological polar surface area (TPSA) is 175 Å². The Balaban J connectivity index is 1.42. The van der Waals surface area contributed by atoms with Gasteiger partial charge in [0.1, 0.15) is 17.0 Å². The quantitative estimate of drug-likeness (QED) is 0.199. The van der Waals surface area contributed by atoms with Crippen LogP contribution in [0.5, 0.6) is 0 Å². The number of carbonyl (C=O) groups is 2. The van der Waals surface area contributed by atoms with Crippen LogP contribution in [0, 0.1) is 6.92 Å². The molecule has 2 aromatic rings. The number of H-pyrrole nitrogens is 1. The monoisotopic (exact) mass is 562 g/mol. The molecule has 6 N–H and O–H groups in total. The number of halogens is 2. The van der Waals surface area contributed by atoms with E-state index in [1.807, 2.05) is 17.8 Å². The van der Waals surface area contributed by atoms with E-state index in [1.165, 1.54) is 18.2 Å². The zero-order chi connectivity index (χ0) is 26.3. The summed E-state index contributed by atoms with van der Waals surface area (Å²) < 4.78 is 27.3. The van der Waals surface area contributed by atoms with Crippen molar-refractivity contribution in [2.75, 3.05) is 18.4 Å². The third-order valence-corrected chi connectivity index (χ3v) is 7.83. The van der Waals surface area contributed by atoms with Crippen LogP contribution in [0.3, 0.4) is 0 Å². The fourth-order valence-corrected chi connectivity index (χ4v) is 5.91. The maximum atomic E-state index is 12.7. The molecule has 1 aliphatic rings. The number of carboxylic acids is 1. The number of rotatable bonds is 13. The fraction of sp³-hybridized carbons (Fsp3) is 0.476. The fourth-order valence-electron chi connectivity index (χ4n) is 3.57. The number of aliphatic carboxylic acids is 1. The number of anilines is 1. The zero-order valence-corrected chi connectivity index (χ0v) is 21.7. The molecule has 36 heavy (non-hydrogen) atoms. The number of aromatic amines is 1. The number of nitrogens with zero attached hydrogens (tertiary/aromatic N) is 1. The normalized spacial score (nSPS) is 18.6. The largest absolute Gasteiger partial charge is 0.480 e. The first-order valence-corrected chi connectivity index (χ1v) is 13.4. The summed E-state index contributed by atoms with van der Waals surface area (Å²) >= 11 is 11.9. The van der Waals surface area contributed by atoms with Crippen molar-refractivity contribution in [3.63, 3.8) is 0 Å². The van der Waals surface area contributed by atoms with Gasteiger partial charge in [0.05, 0.1) is 21.8 Å². The number of nitrogens with one attached hydrogen (secondary N) is 5. The minimum absolute atomic E-state index is 0.159. The van der Waals surface area contributed by atoms with Gasteiger partial charge >= 0.3 is 5.97 Å². The Kier molecular flexibility index (Phi) is 9.93. The molecule has 1 saturated heterocycles. The van der Waals surface area contributed by atoms with Crippen molar-refractivity contribution < 1.29 is 28.0 Å². The zero-order valence-electron chi connectivity index (χ0n) is 19.4. The molecule has 3 atom stereocenters. The Morgan fingerprint density at radius 1 is 1.28 bits per heavy atom. The van der Waals surface area contributed by atoms with E-state index < -0.39 is 45.4 Å². The molecule has 12 nitrogen and oxygen atoms in total. The lowest BCUT2D eigenvalue weighted by Gasteiger charge is -2.18. The molecule has 3 rings (SSSR count). The van der Waals surface area contributed by atoms with Crippen molar-refractivity contribution in [1.29, 1.82) is 0 Å². The van der Waals surface area contributed by atoms with E-state index in [9.17, 15) is 23.1 Å². The van der Waals surface area contributed by atoms with Crippen LogP contribution < -0.4 is 20.8 Å². The lowest BCUT2D eigenvalue weighted by atomic mass is 10.1. The summed E-state index contributed by atoms with van der Waals surface area (Å²) in [6.45, 7) is 2.15. The van der Waals surface area contributed by atoms with Crippen molar-refractivity contribution in [2.45, 2.75) is 55.7 Å². The smallest absolute Gasteiger partial charge is 0.323 e. The first kappa shape index (κ1) is 28.2. The predicted molar refractivity (Wildman–Crippen MR) is 133 cm³/mol. The molecule has 1 aromatic heterocycles. The molecule has 0 saturated carbocycles. The lowest BCUT2D eigenvalue weighted by molar-refractivity contribution is -0.139. The van der Waals surface area contributed by atoms with E-state index in [4.69, 9.17) is 28.0 Å². The maximum absolute atomic E-state index is 12.7. The van der Waals surface area contributed by atoms with Crippen LogP contribution in [0.25, 0.3) is 0 Å². The number of aromatic nitrogens is 2. The van der Waals surface area contributed by atoms with Crippen LogP contribution in [0.15, 0.2) is 29.3 Å². The van der Waals surface area contributed by atoms with Gasteiger partial charge in [-0.1, -0.05) is 29.3 Å². The number of carbonyl (C=O) groups excluding carboxylic acids is 1. The highest BCUT2D eigenvalue weighted by Gasteiger charge is 2.33. The van der Waals surface area contributed by atoms with Crippen LogP contribution in [-0.2, 0) is 24.4 Å². The van der Waals surface area contributed by atoms with Gasteiger partial charge in [0.25, 0.3) is 0 Å². The number of sulfonamides is 1. The second kappa shape index (κ2) is 12.7. The molecule has 1 aromatic carbocycles. The van der Waals surface area contributed by atoms with Crippen molar-refractivity contribution in [1.82, 2.24) is 25.5 Å². The molecule has 1 fully saturated rings. The van der Waals surface area contributed by atoms with E-state index in [-0.39, 0.29) is 16.1 Å². The van der Waals surface area contributed by atoms with Gasteiger partial charge < -0.3 is 20.7 Å². The number of amides is 1. The average Bonchev–Trinajstić information content (AvgIpc) is 3.44. The van der Waals surface area contributed by atoms with Gasteiger partial charge in [-0.05, 0) is 38.3 Å². The summed E-state index contributed by atoms with van der Waals surface area (Å²) in [6.07, 6.45) is 4.50. The van der Waals surface area contributed by atoms with Crippen LogP contribution in [-0.4, -0.2) is 66.6 Å². The Bertz CT molecular complexity index is 1160. The Hall–Kier alpha value is -2.42. The molecule has 198 valence electrons. The summed E-state index contributed by atoms with van der Waals surface area (Å²) in [5.74, 6) is -1.26. The molecule has 15 heteroatoms. The van der Waals surface area contributed by atoms with E-state index in [0.717, 1.165) is 37.4 Å². The summed E-state index contributed by atoms with van der Waals surface area (Å²) in [5.41, 5.74) is 3.56. The van der Waals surface area contributed by atoms with Crippen LogP contribution in [0.4, 0.5) is 5.95 Å². The van der Waals surface area contributed by atoms with Crippen molar-refractivity contribution in [2.24, 2.45) is 0 Å². The Labute approximate surface area is 218 Å². The number of hydrogen-bond donors (Lipinski definition) is 6. The van der Waals surface area contributed by atoms with Crippen LogP contribution in [0.2, 0.25) is 10.0 Å². The second-order valence-corrected chi connectivity index (χ2v) is 10.7. The number of carboxylic acid groups (broad SMARTS) is 1. The number of aryl methyl sites for hydroxylation is 1. The molecule has 0 aliphatic carbocycles. The van der Waals surface area contributed by atoms with Gasteiger partial charge in [-0.25, -0.2) is 13.4 Å².